The average molecular weight is 533 g/mol. The number of aromatic nitrogens is 1. The van der Waals surface area contributed by atoms with E-state index in [1.165, 1.54) is 40.4 Å². The van der Waals surface area contributed by atoms with Crippen LogP contribution in [0.4, 0.5) is 24.0 Å². The highest BCUT2D eigenvalue weighted by Crippen LogP contribution is 2.39. The van der Waals surface area contributed by atoms with Gasteiger partial charge in [0.15, 0.2) is 5.13 Å². The maximum atomic E-state index is 13.7. The fraction of sp³-hybridized carbons (Fsp3) is 0.231. The van der Waals surface area contributed by atoms with Crippen LogP contribution in [0, 0.1) is 0 Å². The second-order valence-electron chi connectivity index (χ2n) is 8.00. The van der Waals surface area contributed by atoms with Crippen LogP contribution in [0.25, 0.3) is 10.6 Å². The number of thiophene rings is 1. The van der Waals surface area contributed by atoms with Gasteiger partial charge in [-0.1, -0.05) is 30.3 Å². The highest BCUT2D eigenvalue weighted by Gasteiger charge is 2.34. The van der Waals surface area contributed by atoms with Crippen LogP contribution in [0.2, 0.25) is 0 Å². The summed E-state index contributed by atoms with van der Waals surface area (Å²) in [7, 11) is 0. The molecule has 2 N–H and O–H groups in total. The summed E-state index contributed by atoms with van der Waals surface area (Å²) in [5, 5.41) is 14.1. The van der Waals surface area contributed by atoms with Crippen LogP contribution >= 0.6 is 22.7 Å². The number of unbranched alkanes of at least 4 members (excludes halogenated alkanes) is 1. The highest BCUT2D eigenvalue weighted by molar-refractivity contribution is 7.17. The summed E-state index contributed by atoms with van der Waals surface area (Å²) in [5.74, 6) is -1.11. The number of carboxylic acids is 1. The Morgan fingerprint density at radius 2 is 1.86 bits per heavy atom. The molecule has 36 heavy (non-hydrogen) atoms. The third kappa shape index (κ3) is 7.08. The van der Waals surface area contributed by atoms with Crippen molar-refractivity contribution in [3.05, 3.63) is 82.0 Å². The number of nitrogens with zero attached hydrogens (tertiary/aromatic N) is 1. The number of carbonyl (C=O) groups is 1. The fourth-order valence-corrected chi connectivity index (χ4v) is 5.31. The molecule has 0 bridgehead atoms. The minimum absolute atomic E-state index is 0.0679. The van der Waals surface area contributed by atoms with Crippen LogP contribution in [0.15, 0.2) is 66.0 Å². The standard InChI is InChI=1S/C26H23F3N2O3S2/c27-26(28,29)20-14-18(9-11-22(20)34-13-5-4-8-17-6-2-1-3-7-17)30-25-31-21(16-35-25)23-12-10-19(36-23)15-24(32)33/h1-3,6-7,9-12,14,16H,4-5,8,13,15H2,(H,30,31)(H,32,33). The lowest BCUT2D eigenvalue weighted by molar-refractivity contribution is -0.139. The first-order valence-corrected chi connectivity index (χ1v) is 12.9. The summed E-state index contributed by atoms with van der Waals surface area (Å²) in [6.07, 6.45) is -2.32. The summed E-state index contributed by atoms with van der Waals surface area (Å²) in [6.45, 7) is 0.198. The topological polar surface area (TPSA) is 71.5 Å². The molecule has 0 aliphatic rings. The van der Waals surface area contributed by atoms with Crippen molar-refractivity contribution in [2.75, 3.05) is 11.9 Å². The van der Waals surface area contributed by atoms with Gasteiger partial charge in [-0.25, -0.2) is 4.98 Å². The van der Waals surface area contributed by atoms with E-state index in [1.807, 2.05) is 30.3 Å². The van der Waals surface area contributed by atoms with E-state index < -0.39 is 17.7 Å². The van der Waals surface area contributed by atoms with E-state index in [0.717, 1.165) is 23.8 Å². The number of halogens is 3. The number of aryl methyl sites for hydroxylation is 1. The molecule has 5 nitrogen and oxygen atoms in total. The van der Waals surface area contributed by atoms with E-state index in [2.05, 4.69) is 10.3 Å². The molecular weight excluding hydrogens is 509 g/mol. The number of hydrogen-bond acceptors (Lipinski definition) is 6. The highest BCUT2D eigenvalue weighted by atomic mass is 32.1. The Bertz CT molecular complexity index is 1300. The molecule has 0 saturated carbocycles. The number of carboxylic acid groups (broad SMARTS) is 1. The lowest BCUT2D eigenvalue weighted by Crippen LogP contribution is -2.10. The largest absolute Gasteiger partial charge is 0.493 e. The van der Waals surface area contributed by atoms with Crippen LogP contribution in [0.1, 0.15) is 28.8 Å². The molecule has 2 aromatic carbocycles. The number of hydrogen-bond donors (Lipinski definition) is 2. The number of nitrogens with one attached hydrogen (secondary N) is 1. The van der Waals surface area contributed by atoms with E-state index in [1.54, 1.807) is 17.5 Å². The first-order chi connectivity index (χ1) is 17.3. The third-order valence-electron chi connectivity index (χ3n) is 5.24. The predicted molar refractivity (Wildman–Crippen MR) is 136 cm³/mol. The Hall–Kier alpha value is -3.37. The Kier molecular flexibility index (Phi) is 8.27. The van der Waals surface area contributed by atoms with Crippen molar-refractivity contribution in [1.29, 1.82) is 0 Å². The van der Waals surface area contributed by atoms with Crippen molar-refractivity contribution in [3.8, 4) is 16.3 Å². The lowest BCUT2D eigenvalue weighted by atomic mass is 10.1. The van der Waals surface area contributed by atoms with E-state index in [-0.39, 0.29) is 24.5 Å². The van der Waals surface area contributed by atoms with Gasteiger partial charge >= 0.3 is 12.1 Å². The second-order valence-corrected chi connectivity index (χ2v) is 10.0. The van der Waals surface area contributed by atoms with Gasteiger partial charge in [-0.05, 0) is 55.2 Å². The molecule has 0 unspecified atom stereocenters. The fourth-order valence-electron chi connectivity index (χ4n) is 3.54. The zero-order valence-corrected chi connectivity index (χ0v) is 20.7. The first kappa shape index (κ1) is 25.7. The number of thiazole rings is 1. The molecule has 0 fully saturated rings. The van der Waals surface area contributed by atoms with E-state index in [4.69, 9.17) is 9.84 Å². The summed E-state index contributed by atoms with van der Waals surface area (Å²) in [4.78, 5) is 16.8. The van der Waals surface area contributed by atoms with Crippen LogP contribution in [-0.2, 0) is 23.8 Å². The van der Waals surface area contributed by atoms with Crippen molar-refractivity contribution in [1.82, 2.24) is 4.98 Å². The maximum absolute atomic E-state index is 13.7. The summed E-state index contributed by atoms with van der Waals surface area (Å²) in [6, 6.07) is 17.3. The first-order valence-electron chi connectivity index (χ1n) is 11.2. The Labute approximate surface area is 214 Å². The van der Waals surface area contributed by atoms with Crippen LogP contribution in [0.3, 0.4) is 0 Å². The Morgan fingerprint density at radius 1 is 1.06 bits per heavy atom. The van der Waals surface area contributed by atoms with E-state index in [0.29, 0.717) is 22.1 Å². The Balaban J connectivity index is 1.38. The SMILES string of the molecule is O=C(O)Cc1ccc(-c2csc(Nc3ccc(OCCCCc4ccccc4)c(C(F)(F)F)c3)n2)s1. The average Bonchev–Trinajstić information content (AvgIpc) is 3.49. The Morgan fingerprint density at radius 3 is 2.61 bits per heavy atom. The van der Waals surface area contributed by atoms with Crippen LogP contribution in [-0.4, -0.2) is 22.7 Å². The second kappa shape index (κ2) is 11.6. The minimum atomic E-state index is -4.57. The number of anilines is 2. The van der Waals surface area contributed by atoms with Gasteiger partial charge in [0.05, 0.1) is 29.2 Å². The normalized spacial score (nSPS) is 11.4. The van der Waals surface area contributed by atoms with Crippen molar-refractivity contribution in [2.45, 2.75) is 31.9 Å². The van der Waals surface area contributed by atoms with Crippen molar-refractivity contribution in [3.63, 3.8) is 0 Å². The molecule has 4 rings (SSSR count). The van der Waals surface area contributed by atoms with E-state index >= 15 is 0 Å². The smallest absolute Gasteiger partial charge is 0.420 e. The van der Waals surface area contributed by atoms with Crippen LogP contribution < -0.4 is 10.1 Å². The minimum Gasteiger partial charge on any atom is -0.493 e. The monoisotopic (exact) mass is 532 g/mol. The van der Waals surface area contributed by atoms with Crippen molar-refractivity contribution < 1.29 is 27.8 Å². The number of benzene rings is 2. The zero-order chi connectivity index (χ0) is 25.5. The number of alkyl halides is 3. The van der Waals surface area contributed by atoms with Crippen LogP contribution in [0.5, 0.6) is 5.75 Å². The molecule has 188 valence electrons. The summed E-state index contributed by atoms with van der Waals surface area (Å²) < 4.78 is 46.7. The molecule has 0 aliphatic carbocycles. The molecule has 0 radical (unpaired) electrons. The van der Waals surface area contributed by atoms with Gasteiger partial charge in [-0.15, -0.1) is 22.7 Å². The van der Waals surface area contributed by atoms with Crippen molar-refractivity contribution >= 4 is 39.5 Å². The van der Waals surface area contributed by atoms with Gasteiger partial charge in [-0.3, -0.25) is 4.79 Å². The quantitative estimate of drug-likeness (QED) is 0.194. The number of ether oxygens (including phenoxy) is 1. The third-order valence-corrected chi connectivity index (χ3v) is 7.11. The molecule has 0 saturated heterocycles. The van der Waals surface area contributed by atoms with Gasteiger partial charge in [0.2, 0.25) is 0 Å². The maximum Gasteiger partial charge on any atom is 0.420 e. The molecule has 2 aromatic heterocycles. The zero-order valence-electron chi connectivity index (χ0n) is 19.0. The molecule has 0 amide bonds. The summed E-state index contributed by atoms with van der Waals surface area (Å²) in [5.41, 5.74) is 1.23. The van der Waals surface area contributed by atoms with Gasteiger partial charge in [0.25, 0.3) is 0 Å². The number of aliphatic carboxylic acids is 1. The molecular formula is C26H23F3N2O3S2. The molecule has 2 heterocycles. The molecule has 0 atom stereocenters. The lowest BCUT2D eigenvalue weighted by Gasteiger charge is -2.15. The van der Waals surface area contributed by atoms with Gasteiger partial charge < -0.3 is 15.2 Å². The van der Waals surface area contributed by atoms with Gasteiger partial charge in [0, 0.05) is 15.9 Å². The van der Waals surface area contributed by atoms with Gasteiger partial charge in [-0.2, -0.15) is 13.2 Å². The molecule has 0 aliphatic heterocycles. The molecule has 4 aromatic rings. The summed E-state index contributed by atoms with van der Waals surface area (Å²) >= 11 is 2.57. The van der Waals surface area contributed by atoms with Gasteiger partial charge in [0.1, 0.15) is 5.75 Å². The predicted octanol–water partition coefficient (Wildman–Crippen LogP) is 7.66. The number of rotatable bonds is 11. The van der Waals surface area contributed by atoms with Crippen molar-refractivity contribution in [2.24, 2.45) is 0 Å². The molecule has 0 spiro atoms. The van der Waals surface area contributed by atoms with E-state index in [9.17, 15) is 18.0 Å². The molecule has 10 heteroatoms.